The van der Waals surface area contributed by atoms with Crippen LogP contribution >= 0.6 is 0 Å². The molecule has 2 aromatic rings. The molecule has 150 valence electrons. The van der Waals surface area contributed by atoms with E-state index in [1.165, 1.54) is 11.0 Å². The fourth-order valence-corrected chi connectivity index (χ4v) is 4.37. The number of nitrogens with zero attached hydrogens (tertiary/aromatic N) is 3. The first-order valence-corrected chi connectivity index (χ1v) is 10.3. The van der Waals surface area contributed by atoms with E-state index in [0.717, 1.165) is 64.2 Å². The first kappa shape index (κ1) is 19.2. The minimum Gasteiger partial charge on any atom is -0.379 e. The zero-order valence-corrected chi connectivity index (χ0v) is 16.6. The van der Waals surface area contributed by atoms with Gasteiger partial charge in [0.1, 0.15) is 0 Å². The largest absolute Gasteiger partial charge is 0.379 e. The number of aryl methyl sites for hydroxylation is 1. The number of hydrogen-bond acceptors (Lipinski definition) is 4. The minimum absolute atomic E-state index is 0.0402. The fraction of sp³-hybridized carbons (Fsp3) is 0.545. The second kappa shape index (κ2) is 8.45. The van der Waals surface area contributed by atoms with E-state index in [2.05, 4.69) is 4.90 Å². The van der Waals surface area contributed by atoms with Crippen molar-refractivity contribution in [2.24, 2.45) is 13.0 Å². The van der Waals surface area contributed by atoms with Gasteiger partial charge < -0.3 is 14.2 Å². The third-order valence-electron chi connectivity index (χ3n) is 6.18. The van der Waals surface area contributed by atoms with E-state index in [1.54, 1.807) is 19.3 Å². The summed E-state index contributed by atoms with van der Waals surface area (Å²) in [4.78, 5) is 30.0. The molecule has 0 saturated carbocycles. The van der Waals surface area contributed by atoms with Crippen molar-refractivity contribution in [1.82, 2.24) is 14.4 Å². The summed E-state index contributed by atoms with van der Waals surface area (Å²) in [5.74, 6) is 0.724. The van der Waals surface area contributed by atoms with Crippen molar-refractivity contribution in [3.8, 4) is 0 Å². The van der Waals surface area contributed by atoms with Gasteiger partial charge in [0, 0.05) is 50.2 Å². The molecule has 0 atom stereocenters. The lowest BCUT2D eigenvalue weighted by Gasteiger charge is -2.34. The van der Waals surface area contributed by atoms with Gasteiger partial charge in [-0.25, -0.2) is 0 Å². The Bertz CT molecular complexity index is 894. The van der Waals surface area contributed by atoms with Gasteiger partial charge in [0.05, 0.1) is 18.8 Å². The van der Waals surface area contributed by atoms with Crippen LogP contribution in [-0.2, 0) is 11.8 Å². The van der Waals surface area contributed by atoms with Crippen LogP contribution in [0.3, 0.4) is 0 Å². The molecule has 0 unspecified atom stereocenters. The number of rotatable bonds is 4. The van der Waals surface area contributed by atoms with E-state index < -0.39 is 0 Å². The summed E-state index contributed by atoms with van der Waals surface area (Å²) in [7, 11) is 1.71. The lowest BCUT2D eigenvalue weighted by Crippen LogP contribution is -2.41. The fourth-order valence-electron chi connectivity index (χ4n) is 4.37. The standard InChI is InChI=1S/C22H29N3O3/c1-23-16-20(18-4-2-3-5-19(18)21(23)26)22(27)25-10-7-17(8-11-25)6-9-24-12-14-28-15-13-24/h2-5,16-17H,6-15H2,1H3. The number of aromatic nitrogens is 1. The van der Waals surface area contributed by atoms with Crippen LogP contribution < -0.4 is 5.56 Å². The molecule has 1 amide bonds. The quantitative estimate of drug-likeness (QED) is 0.812. The van der Waals surface area contributed by atoms with Gasteiger partial charge in [-0.05, 0) is 37.8 Å². The molecule has 0 bridgehead atoms. The summed E-state index contributed by atoms with van der Waals surface area (Å²) in [6.45, 7) is 6.50. The van der Waals surface area contributed by atoms with Gasteiger partial charge in [-0.1, -0.05) is 18.2 Å². The number of morpholine rings is 1. The number of carbonyl (C=O) groups excluding carboxylic acids is 1. The summed E-state index contributed by atoms with van der Waals surface area (Å²) >= 11 is 0. The molecule has 2 aliphatic rings. The monoisotopic (exact) mass is 383 g/mol. The summed E-state index contributed by atoms with van der Waals surface area (Å²) in [5.41, 5.74) is 0.568. The summed E-state index contributed by atoms with van der Waals surface area (Å²) in [6, 6.07) is 7.40. The lowest BCUT2D eigenvalue weighted by atomic mass is 9.92. The molecular formula is C22H29N3O3. The summed E-state index contributed by atoms with van der Waals surface area (Å²) < 4.78 is 6.93. The van der Waals surface area contributed by atoms with E-state index in [0.29, 0.717) is 16.9 Å². The van der Waals surface area contributed by atoms with Crippen molar-refractivity contribution in [3.05, 3.63) is 46.4 Å². The Balaban J connectivity index is 1.40. The molecule has 2 saturated heterocycles. The number of fused-ring (bicyclic) bond motifs is 1. The number of pyridine rings is 1. The predicted octanol–water partition coefficient (Wildman–Crippen LogP) is 2.11. The SMILES string of the molecule is Cn1cc(C(=O)N2CCC(CCN3CCOCC3)CC2)c2ccccc2c1=O. The van der Waals surface area contributed by atoms with Crippen molar-refractivity contribution >= 4 is 16.7 Å². The summed E-state index contributed by atoms with van der Waals surface area (Å²) in [5, 5.41) is 1.36. The van der Waals surface area contributed by atoms with Crippen LogP contribution in [0.25, 0.3) is 10.8 Å². The first-order valence-electron chi connectivity index (χ1n) is 10.3. The number of piperidine rings is 1. The van der Waals surface area contributed by atoms with Crippen LogP contribution in [0.2, 0.25) is 0 Å². The van der Waals surface area contributed by atoms with Gasteiger partial charge in [0.15, 0.2) is 0 Å². The van der Waals surface area contributed by atoms with Crippen molar-refractivity contribution in [1.29, 1.82) is 0 Å². The second-order valence-electron chi connectivity index (χ2n) is 7.98. The molecule has 1 aromatic carbocycles. The lowest BCUT2D eigenvalue weighted by molar-refractivity contribution is 0.0332. The molecule has 2 aliphatic heterocycles. The Morgan fingerprint density at radius 2 is 1.75 bits per heavy atom. The average Bonchev–Trinajstić information content (AvgIpc) is 2.75. The number of benzene rings is 1. The molecule has 2 fully saturated rings. The maximum atomic E-state index is 13.2. The van der Waals surface area contributed by atoms with Crippen molar-refractivity contribution in [3.63, 3.8) is 0 Å². The predicted molar refractivity (Wildman–Crippen MR) is 110 cm³/mol. The normalized spacial score (nSPS) is 19.2. The zero-order valence-electron chi connectivity index (χ0n) is 16.6. The molecule has 0 aliphatic carbocycles. The Kier molecular flexibility index (Phi) is 5.78. The van der Waals surface area contributed by atoms with Crippen LogP contribution in [0.4, 0.5) is 0 Å². The Hall–Kier alpha value is -2.18. The highest BCUT2D eigenvalue weighted by Gasteiger charge is 2.26. The van der Waals surface area contributed by atoms with Gasteiger partial charge in [-0.15, -0.1) is 0 Å². The second-order valence-corrected chi connectivity index (χ2v) is 7.98. The average molecular weight is 383 g/mol. The van der Waals surface area contributed by atoms with E-state index >= 15 is 0 Å². The van der Waals surface area contributed by atoms with E-state index in [-0.39, 0.29) is 11.5 Å². The Labute approximate surface area is 165 Å². The number of hydrogen-bond donors (Lipinski definition) is 0. The Morgan fingerprint density at radius 1 is 1.07 bits per heavy atom. The minimum atomic E-state index is -0.0611. The highest BCUT2D eigenvalue weighted by atomic mass is 16.5. The third-order valence-corrected chi connectivity index (χ3v) is 6.18. The molecule has 6 heteroatoms. The molecule has 3 heterocycles. The van der Waals surface area contributed by atoms with Gasteiger partial charge in [0.2, 0.25) is 0 Å². The molecule has 0 radical (unpaired) electrons. The summed E-state index contributed by atoms with van der Waals surface area (Å²) in [6.07, 6.45) is 5.00. The zero-order chi connectivity index (χ0) is 19.5. The molecule has 4 rings (SSSR count). The number of carbonyl (C=O) groups is 1. The maximum Gasteiger partial charge on any atom is 0.258 e. The highest BCUT2D eigenvalue weighted by Crippen LogP contribution is 2.24. The van der Waals surface area contributed by atoms with E-state index in [4.69, 9.17) is 4.74 Å². The van der Waals surface area contributed by atoms with Crippen LogP contribution in [0.1, 0.15) is 29.6 Å². The maximum absolute atomic E-state index is 13.2. The van der Waals surface area contributed by atoms with E-state index in [1.807, 2.05) is 23.1 Å². The van der Waals surface area contributed by atoms with Crippen LogP contribution in [0.5, 0.6) is 0 Å². The molecule has 6 nitrogen and oxygen atoms in total. The molecule has 0 spiro atoms. The van der Waals surface area contributed by atoms with Gasteiger partial charge in [-0.3, -0.25) is 14.5 Å². The van der Waals surface area contributed by atoms with Gasteiger partial charge in [-0.2, -0.15) is 0 Å². The number of likely N-dealkylation sites (tertiary alicyclic amines) is 1. The van der Waals surface area contributed by atoms with Gasteiger partial charge in [0.25, 0.3) is 11.5 Å². The van der Waals surface area contributed by atoms with Crippen molar-refractivity contribution in [2.45, 2.75) is 19.3 Å². The first-order chi connectivity index (χ1) is 13.6. The topological polar surface area (TPSA) is 54.8 Å². The van der Waals surface area contributed by atoms with Crippen LogP contribution in [0, 0.1) is 5.92 Å². The molecule has 1 aromatic heterocycles. The number of amides is 1. The molecule has 0 N–H and O–H groups in total. The highest BCUT2D eigenvalue weighted by molar-refractivity contribution is 6.06. The Morgan fingerprint density at radius 3 is 2.46 bits per heavy atom. The molecule has 28 heavy (non-hydrogen) atoms. The van der Waals surface area contributed by atoms with Crippen molar-refractivity contribution in [2.75, 3.05) is 45.9 Å². The third kappa shape index (κ3) is 3.98. The number of ether oxygens (including phenoxy) is 1. The van der Waals surface area contributed by atoms with Crippen LogP contribution in [0.15, 0.2) is 35.3 Å². The van der Waals surface area contributed by atoms with Gasteiger partial charge >= 0.3 is 0 Å². The van der Waals surface area contributed by atoms with E-state index in [9.17, 15) is 9.59 Å². The van der Waals surface area contributed by atoms with Crippen LogP contribution in [-0.4, -0.2) is 66.2 Å². The molecular weight excluding hydrogens is 354 g/mol. The van der Waals surface area contributed by atoms with Crippen molar-refractivity contribution < 1.29 is 9.53 Å². The smallest absolute Gasteiger partial charge is 0.258 e.